The fraction of sp³-hybridized carbons (Fsp3) is 0.710. The van der Waals surface area contributed by atoms with Crippen LogP contribution < -0.4 is 0 Å². The molecule has 0 spiro atoms. The maximum Gasteiger partial charge on any atom is 0.316 e. The molecule has 0 amide bonds. The van der Waals surface area contributed by atoms with E-state index in [2.05, 4.69) is 60.3 Å². The van der Waals surface area contributed by atoms with E-state index in [1.165, 1.54) is 43.3 Å². The Morgan fingerprint density at radius 2 is 2.03 bits per heavy atom. The molecule has 0 aromatic heterocycles. The molecule has 0 heterocycles. The van der Waals surface area contributed by atoms with Crippen LogP contribution in [0.15, 0.2) is 35.5 Å². The first kappa shape index (κ1) is 28.3. The van der Waals surface area contributed by atoms with Crippen LogP contribution >= 0.6 is 15.9 Å². The minimum atomic E-state index is -0.829. The Hall–Kier alpha value is -1.31. The number of fused-ring (bicyclic) bond motifs is 1. The van der Waals surface area contributed by atoms with Gasteiger partial charge in [-0.2, -0.15) is 0 Å². The number of ether oxygens (including phenoxy) is 1. The van der Waals surface area contributed by atoms with E-state index in [4.69, 9.17) is 4.74 Å². The van der Waals surface area contributed by atoms with Gasteiger partial charge in [-0.05, 0) is 86.5 Å². The lowest BCUT2D eigenvalue weighted by atomic mass is 9.61. The van der Waals surface area contributed by atoms with Gasteiger partial charge in [0.15, 0.2) is 0 Å². The minimum absolute atomic E-state index is 0.0392. The number of rotatable bonds is 7. The van der Waals surface area contributed by atoms with Gasteiger partial charge in [0.25, 0.3) is 0 Å². The molecule has 0 aromatic rings. The number of alkyl halides is 1. The molecule has 3 aliphatic carbocycles. The van der Waals surface area contributed by atoms with Crippen molar-refractivity contribution in [3.8, 4) is 11.8 Å². The Bertz CT molecular complexity index is 900. The zero-order chi connectivity index (χ0) is 25.6. The van der Waals surface area contributed by atoms with E-state index >= 15 is 0 Å². The van der Waals surface area contributed by atoms with Crippen LogP contribution in [-0.4, -0.2) is 28.1 Å². The molecule has 0 bridgehead atoms. The fourth-order valence-corrected chi connectivity index (χ4v) is 6.99. The van der Waals surface area contributed by atoms with Crippen LogP contribution in [0.25, 0.3) is 0 Å². The summed E-state index contributed by atoms with van der Waals surface area (Å²) in [5.74, 6) is 8.18. The van der Waals surface area contributed by atoms with Gasteiger partial charge < -0.3 is 9.84 Å². The van der Waals surface area contributed by atoms with Crippen molar-refractivity contribution in [3.63, 3.8) is 0 Å². The predicted octanol–water partition coefficient (Wildman–Crippen LogP) is 7.68. The summed E-state index contributed by atoms with van der Waals surface area (Å²) in [7, 11) is 0. The summed E-state index contributed by atoms with van der Waals surface area (Å²) in [5.41, 5.74) is 3.51. The minimum Gasteiger partial charge on any atom is -0.461 e. The molecule has 0 saturated heterocycles. The lowest BCUT2D eigenvalue weighted by Crippen LogP contribution is -2.36. The summed E-state index contributed by atoms with van der Waals surface area (Å²) in [4.78, 5) is 11.7. The summed E-state index contributed by atoms with van der Waals surface area (Å²) in [5, 5.41) is 10.8. The normalized spacial score (nSPS) is 32.2. The van der Waals surface area contributed by atoms with Gasteiger partial charge >= 0.3 is 5.97 Å². The molecule has 3 nitrogen and oxygen atoms in total. The third-order valence-electron chi connectivity index (χ3n) is 9.22. The van der Waals surface area contributed by atoms with Crippen LogP contribution in [-0.2, 0) is 9.53 Å². The lowest BCUT2D eigenvalue weighted by Gasteiger charge is -2.44. The summed E-state index contributed by atoms with van der Waals surface area (Å²) in [6, 6.07) is 0. The number of aliphatic hydroxyl groups is 1. The number of halogens is 1. The number of hydrogen-bond donors (Lipinski definition) is 1. The molecule has 194 valence electrons. The highest BCUT2D eigenvalue weighted by atomic mass is 79.9. The first-order chi connectivity index (χ1) is 16.7. The summed E-state index contributed by atoms with van der Waals surface area (Å²) in [6.45, 7) is 13.2. The zero-order valence-corrected chi connectivity index (χ0v) is 23.9. The average molecular weight is 546 g/mol. The van der Waals surface area contributed by atoms with E-state index in [0.29, 0.717) is 36.0 Å². The van der Waals surface area contributed by atoms with Crippen molar-refractivity contribution in [1.82, 2.24) is 0 Å². The van der Waals surface area contributed by atoms with Crippen LogP contribution in [0.1, 0.15) is 98.3 Å². The van der Waals surface area contributed by atoms with E-state index in [0.717, 1.165) is 25.7 Å². The standard InChI is InChI=1S/C31H45BrO3/c1-6-31(34,7-2)19-8-10-23(4)27-16-17-28-24(11-9-18-30(27,28)5)13-14-25-20-26(15-12-22(25)3)35-29(33)21-32/h13-14,23,26-28,34H,3,6-7,9-12,15-18,20-21H2,1-2,4-5H3/b24-13+,25-14-/t23-,26+,27-,28?,30-/m1/s1. The SMILES string of the molecule is C=C1CC[C@H](OC(=O)CBr)C/C1=C/C=C1\CCC[C@@]2(C)C1CC[C@@H]2[C@H](C)CC#CC(O)(CC)CC. The Morgan fingerprint density at radius 3 is 2.71 bits per heavy atom. The molecule has 3 aliphatic rings. The molecule has 35 heavy (non-hydrogen) atoms. The summed E-state index contributed by atoms with van der Waals surface area (Å²) >= 11 is 3.19. The monoisotopic (exact) mass is 544 g/mol. The summed E-state index contributed by atoms with van der Waals surface area (Å²) in [6.07, 6.45) is 15.6. The van der Waals surface area contributed by atoms with Crippen molar-refractivity contribution < 1.29 is 14.6 Å². The molecule has 1 unspecified atom stereocenters. The van der Waals surface area contributed by atoms with Crippen molar-refractivity contribution in [2.24, 2.45) is 23.2 Å². The van der Waals surface area contributed by atoms with E-state index < -0.39 is 5.60 Å². The van der Waals surface area contributed by atoms with E-state index in [-0.39, 0.29) is 17.4 Å². The molecule has 1 N–H and O–H groups in total. The number of carbonyl (C=O) groups excluding carboxylic acids is 1. The topological polar surface area (TPSA) is 46.5 Å². The van der Waals surface area contributed by atoms with Gasteiger partial charge in [0.1, 0.15) is 17.0 Å². The first-order valence-electron chi connectivity index (χ1n) is 13.7. The number of allylic oxidation sites excluding steroid dienone is 4. The van der Waals surface area contributed by atoms with Gasteiger partial charge in [-0.15, -0.1) is 0 Å². The third kappa shape index (κ3) is 6.72. The first-order valence-corrected chi connectivity index (χ1v) is 14.8. The van der Waals surface area contributed by atoms with Gasteiger partial charge in [0, 0.05) is 12.8 Å². The van der Waals surface area contributed by atoms with E-state index in [9.17, 15) is 9.90 Å². The van der Waals surface area contributed by atoms with Crippen molar-refractivity contribution in [2.45, 2.75) is 110 Å². The molecule has 4 heteroatoms. The van der Waals surface area contributed by atoms with Gasteiger partial charge in [0.05, 0.1) is 0 Å². The Kier molecular flexibility index (Phi) is 9.92. The maximum atomic E-state index is 11.7. The molecule has 3 saturated carbocycles. The second-order valence-corrected chi connectivity index (χ2v) is 11.9. The van der Waals surface area contributed by atoms with Crippen molar-refractivity contribution in [2.75, 3.05) is 5.33 Å². The number of esters is 1. The molecule has 0 radical (unpaired) electrons. The largest absolute Gasteiger partial charge is 0.461 e. The fourth-order valence-electron chi connectivity index (χ4n) is 6.86. The molecular formula is C31H45BrO3. The van der Waals surface area contributed by atoms with Crippen molar-refractivity contribution in [1.29, 1.82) is 0 Å². The Labute approximate surface area is 222 Å². The van der Waals surface area contributed by atoms with Crippen molar-refractivity contribution >= 4 is 21.9 Å². The van der Waals surface area contributed by atoms with Crippen LogP contribution in [0.2, 0.25) is 0 Å². The van der Waals surface area contributed by atoms with Crippen LogP contribution in [0.3, 0.4) is 0 Å². The van der Waals surface area contributed by atoms with Crippen molar-refractivity contribution in [3.05, 3.63) is 35.5 Å². The highest BCUT2D eigenvalue weighted by molar-refractivity contribution is 9.09. The second kappa shape index (κ2) is 12.3. The Balaban J connectivity index is 1.71. The number of carbonyl (C=O) groups is 1. The molecule has 3 rings (SSSR count). The van der Waals surface area contributed by atoms with Gasteiger partial charge in [-0.3, -0.25) is 4.79 Å². The molecular weight excluding hydrogens is 500 g/mol. The average Bonchev–Trinajstić information content (AvgIpc) is 3.21. The second-order valence-electron chi connectivity index (χ2n) is 11.3. The third-order valence-corrected chi connectivity index (χ3v) is 9.67. The summed E-state index contributed by atoms with van der Waals surface area (Å²) < 4.78 is 5.59. The zero-order valence-electron chi connectivity index (χ0n) is 22.3. The quantitative estimate of drug-likeness (QED) is 0.203. The van der Waals surface area contributed by atoms with Gasteiger partial charge in [0.2, 0.25) is 0 Å². The van der Waals surface area contributed by atoms with Crippen LogP contribution in [0.4, 0.5) is 0 Å². The Morgan fingerprint density at radius 1 is 1.29 bits per heavy atom. The molecule has 5 atom stereocenters. The van der Waals surface area contributed by atoms with Crippen LogP contribution in [0, 0.1) is 35.0 Å². The smallest absolute Gasteiger partial charge is 0.316 e. The molecule has 0 aromatic carbocycles. The van der Waals surface area contributed by atoms with E-state index in [1.54, 1.807) is 5.57 Å². The maximum absolute atomic E-state index is 11.7. The highest BCUT2D eigenvalue weighted by Gasteiger charge is 2.50. The van der Waals surface area contributed by atoms with Gasteiger partial charge in [-0.1, -0.05) is 85.3 Å². The van der Waals surface area contributed by atoms with E-state index in [1.807, 2.05) is 13.8 Å². The lowest BCUT2D eigenvalue weighted by molar-refractivity contribution is -0.146. The van der Waals surface area contributed by atoms with Gasteiger partial charge in [-0.25, -0.2) is 0 Å². The predicted molar refractivity (Wildman–Crippen MR) is 148 cm³/mol. The number of hydrogen-bond acceptors (Lipinski definition) is 3. The highest BCUT2D eigenvalue weighted by Crippen LogP contribution is 2.59. The molecule has 3 fully saturated rings. The van der Waals surface area contributed by atoms with Crippen LogP contribution in [0.5, 0.6) is 0 Å². The molecule has 0 aliphatic heterocycles.